The predicted molar refractivity (Wildman–Crippen MR) is 69.1 cm³/mol. The van der Waals surface area contributed by atoms with Crippen molar-refractivity contribution in [3.05, 3.63) is 29.3 Å². The molecular formula is C14H22N2. The van der Waals surface area contributed by atoms with Crippen molar-refractivity contribution in [1.82, 2.24) is 4.90 Å². The lowest BCUT2D eigenvalue weighted by Gasteiger charge is -2.13. The molecule has 0 unspecified atom stereocenters. The number of hydrogen-bond donors (Lipinski definition) is 1. The molecule has 1 aromatic rings. The first-order chi connectivity index (χ1) is 7.79. The van der Waals surface area contributed by atoms with Gasteiger partial charge in [0.2, 0.25) is 0 Å². The number of hydrogen-bond acceptors (Lipinski definition) is 2. The average molecular weight is 218 g/mol. The van der Waals surface area contributed by atoms with Crippen molar-refractivity contribution in [1.29, 1.82) is 0 Å². The number of nitrogens with two attached hydrogens (primary N) is 1. The van der Waals surface area contributed by atoms with E-state index in [4.69, 9.17) is 5.73 Å². The fourth-order valence-corrected chi connectivity index (χ4v) is 2.41. The van der Waals surface area contributed by atoms with Crippen LogP contribution in [0.2, 0.25) is 0 Å². The summed E-state index contributed by atoms with van der Waals surface area (Å²) < 4.78 is 0. The number of unbranched alkanes of at least 4 members (excludes halogenated alkanes) is 3. The second kappa shape index (κ2) is 5.35. The summed E-state index contributed by atoms with van der Waals surface area (Å²) in [4.78, 5) is 2.53. The largest absolute Gasteiger partial charge is 0.399 e. The van der Waals surface area contributed by atoms with E-state index < -0.39 is 0 Å². The van der Waals surface area contributed by atoms with Gasteiger partial charge < -0.3 is 5.73 Å². The van der Waals surface area contributed by atoms with Crippen molar-refractivity contribution >= 4 is 5.69 Å². The van der Waals surface area contributed by atoms with E-state index in [0.29, 0.717) is 0 Å². The van der Waals surface area contributed by atoms with E-state index in [-0.39, 0.29) is 0 Å². The van der Waals surface area contributed by atoms with Crippen molar-refractivity contribution in [3.8, 4) is 0 Å². The summed E-state index contributed by atoms with van der Waals surface area (Å²) >= 11 is 0. The number of anilines is 1. The van der Waals surface area contributed by atoms with E-state index in [1.54, 1.807) is 0 Å². The Hall–Kier alpha value is -1.02. The molecule has 0 aliphatic carbocycles. The summed E-state index contributed by atoms with van der Waals surface area (Å²) in [6.07, 6.45) is 5.38. The molecule has 0 atom stereocenters. The first kappa shape index (κ1) is 11.5. The van der Waals surface area contributed by atoms with Crippen LogP contribution in [0.25, 0.3) is 0 Å². The van der Waals surface area contributed by atoms with Crippen molar-refractivity contribution in [2.75, 3.05) is 12.3 Å². The first-order valence-corrected chi connectivity index (χ1v) is 6.39. The highest BCUT2D eigenvalue weighted by Gasteiger charge is 2.17. The molecule has 1 heterocycles. The molecule has 1 aliphatic rings. The molecule has 2 N–H and O–H groups in total. The van der Waals surface area contributed by atoms with Gasteiger partial charge in [0.05, 0.1) is 0 Å². The van der Waals surface area contributed by atoms with Gasteiger partial charge in [0.1, 0.15) is 0 Å². The summed E-state index contributed by atoms with van der Waals surface area (Å²) in [5, 5.41) is 0. The van der Waals surface area contributed by atoms with Crippen LogP contribution in [0.5, 0.6) is 0 Å². The molecule has 0 aromatic heterocycles. The Morgan fingerprint density at radius 2 is 1.94 bits per heavy atom. The monoisotopic (exact) mass is 218 g/mol. The van der Waals surface area contributed by atoms with Crippen LogP contribution in [-0.4, -0.2) is 11.4 Å². The number of nitrogen functional groups attached to an aromatic ring is 1. The van der Waals surface area contributed by atoms with Gasteiger partial charge >= 0.3 is 0 Å². The molecule has 2 heteroatoms. The van der Waals surface area contributed by atoms with Gasteiger partial charge in [0.25, 0.3) is 0 Å². The third kappa shape index (κ3) is 2.76. The fraction of sp³-hybridized carbons (Fsp3) is 0.571. The second-order valence-corrected chi connectivity index (χ2v) is 4.80. The predicted octanol–water partition coefficient (Wildman–Crippen LogP) is 3.16. The zero-order valence-electron chi connectivity index (χ0n) is 10.2. The maximum absolute atomic E-state index is 5.80. The van der Waals surface area contributed by atoms with Gasteiger partial charge in [-0.15, -0.1) is 0 Å². The van der Waals surface area contributed by atoms with Crippen molar-refractivity contribution < 1.29 is 0 Å². The molecule has 0 radical (unpaired) electrons. The van der Waals surface area contributed by atoms with Crippen molar-refractivity contribution in [2.45, 2.75) is 45.7 Å². The van der Waals surface area contributed by atoms with E-state index in [2.05, 4.69) is 24.0 Å². The average Bonchev–Trinajstić information content (AvgIpc) is 2.66. The molecule has 0 saturated carbocycles. The summed E-state index contributed by atoms with van der Waals surface area (Å²) in [6, 6.07) is 6.32. The Morgan fingerprint density at radius 3 is 2.75 bits per heavy atom. The number of fused-ring (bicyclic) bond motifs is 1. The zero-order valence-corrected chi connectivity index (χ0v) is 10.2. The van der Waals surface area contributed by atoms with E-state index in [9.17, 15) is 0 Å². The van der Waals surface area contributed by atoms with Crippen LogP contribution in [0.3, 0.4) is 0 Å². The van der Waals surface area contributed by atoms with Gasteiger partial charge in [0, 0.05) is 18.8 Å². The highest BCUT2D eigenvalue weighted by molar-refractivity contribution is 5.46. The molecular weight excluding hydrogens is 196 g/mol. The molecule has 1 aliphatic heterocycles. The first-order valence-electron chi connectivity index (χ1n) is 6.39. The summed E-state index contributed by atoms with van der Waals surface area (Å²) in [5.41, 5.74) is 9.58. The van der Waals surface area contributed by atoms with Gasteiger partial charge in [0.15, 0.2) is 0 Å². The maximum Gasteiger partial charge on any atom is 0.0317 e. The van der Waals surface area contributed by atoms with Crippen LogP contribution >= 0.6 is 0 Å². The number of nitrogens with zero attached hydrogens (tertiary/aromatic N) is 1. The minimum Gasteiger partial charge on any atom is -0.399 e. The molecule has 2 nitrogen and oxygen atoms in total. The molecule has 2 rings (SSSR count). The van der Waals surface area contributed by atoms with Crippen LogP contribution in [0, 0.1) is 0 Å². The Labute approximate surface area is 98.4 Å². The second-order valence-electron chi connectivity index (χ2n) is 4.80. The minimum absolute atomic E-state index is 0.895. The lowest BCUT2D eigenvalue weighted by Crippen LogP contribution is -2.17. The van der Waals surface area contributed by atoms with E-state index in [1.807, 2.05) is 6.07 Å². The highest BCUT2D eigenvalue weighted by atomic mass is 15.1. The molecule has 0 saturated heterocycles. The summed E-state index contributed by atoms with van der Waals surface area (Å²) in [7, 11) is 0. The molecule has 0 bridgehead atoms. The highest BCUT2D eigenvalue weighted by Crippen LogP contribution is 2.24. The topological polar surface area (TPSA) is 29.3 Å². The van der Waals surface area contributed by atoms with Crippen molar-refractivity contribution in [2.24, 2.45) is 0 Å². The lowest BCUT2D eigenvalue weighted by molar-refractivity contribution is 0.276. The third-order valence-corrected chi connectivity index (χ3v) is 3.35. The summed E-state index contributed by atoms with van der Waals surface area (Å²) in [6.45, 7) is 5.69. The van der Waals surface area contributed by atoms with Crippen LogP contribution < -0.4 is 5.73 Å². The molecule has 16 heavy (non-hydrogen) atoms. The molecule has 0 spiro atoms. The Bertz CT molecular complexity index is 347. The Balaban J connectivity index is 1.81. The summed E-state index contributed by atoms with van der Waals surface area (Å²) in [5.74, 6) is 0. The van der Waals surface area contributed by atoms with Gasteiger partial charge in [-0.3, -0.25) is 4.90 Å². The molecule has 0 fully saturated rings. The minimum atomic E-state index is 0.895. The molecule has 0 amide bonds. The van der Waals surface area contributed by atoms with Gasteiger partial charge in [-0.2, -0.15) is 0 Å². The van der Waals surface area contributed by atoms with E-state index in [0.717, 1.165) is 18.8 Å². The normalized spacial score (nSPS) is 15.3. The van der Waals surface area contributed by atoms with Gasteiger partial charge in [-0.05, 0) is 36.2 Å². The fourth-order valence-electron chi connectivity index (χ4n) is 2.41. The van der Waals surface area contributed by atoms with Crippen LogP contribution in [0.15, 0.2) is 18.2 Å². The molecule has 88 valence electrons. The lowest BCUT2D eigenvalue weighted by atomic mass is 10.1. The van der Waals surface area contributed by atoms with Gasteiger partial charge in [-0.25, -0.2) is 0 Å². The number of benzene rings is 1. The number of rotatable bonds is 5. The maximum atomic E-state index is 5.80. The Morgan fingerprint density at radius 1 is 1.12 bits per heavy atom. The molecule has 1 aromatic carbocycles. The smallest absolute Gasteiger partial charge is 0.0317 e. The van der Waals surface area contributed by atoms with Gasteiger partial charge in [-0.1, -0.05) is 32.3 Å². The Kier molecular flexibility index (Phi) is 3.83. The van der Waals surface area contributed by atoms with Crippen LogP contribution in [0.1, 0.15) is 43.7 Å². The van der Waals surface area contributed by atoms with Crippen LogP contribution in [0.4, 0.5) is 5.69 Å². The quantitative estimate of drug-likeness (QED) is 0.607. The van der Waals surface area contributed by atoms with Crippen molar-refractivity contribution in [3.63, 3.8) is 0 Å². The van der Waals surface area contributed by atoms with E-state index >= 15 is 0 Å². The van der Waals surface area contributed by atoms with Crippen LogP contribution in [-0.2, 0) is 13.1 Å². The zero-order chi connectivity index (χ0) is 11.4. The van der Waals surface area contributed by atoms with E-state index in [1.165, 1.54) is 43.4 Å². The standard InChI is InChI=1S/C14H22N2/c1-2-3-4-5-8-16-10-12-6-7-14(15)9-13(12)11-16/h6-7,9H,2-5,8,10-11,15H2,1H3. The third-order valence-electron chi connectivity index (χ3n) is 3.35. The SMILES string of the molecule is CCCCCCN1Cc2ccc(N)cc2C1.